The topological polar surface area (TPSA) is 115 Å². The first-order valence-corrected chi connectivity index (χ1v) is 5.93. The summed E-state index contributed by atoms with van der Waals surface area (Å²) in [6, 6.07) is 4.98. The number of hydrogen-bond acceptors (Lipinski definition) is 4. The number of nitrogens with zero attached hydrogens (tertiary/aromatic N) is 4. The number of β-lactam (4-membered cyclic amide) rings is 1. The van der Waals surface area contributed by atoms with Gasteiger partial charge in [-0.2, -0.15) is 0 Å². The standard InChI is InChI=1S/C12H9N5O3/c13-16-14-5-8-9(10(18)15-8)17-11(19)6-3-1-2-4-7(6)12(17)20/h1-4,8-9H,5H2,(H,15,18)/t8-,9+/m1/s1. The van der Waals surface area contributed by atoms with Gasteiger partial charge in [0.1, 0.15) is 6.04 Å². The predicted octanol–water partition coefficient (Wildman–Crippen LogP) is 0.460. The lowest BCUT2D eigenvalue weighted by molar-refractivity contribution is -0.134. The maximum absolute atomic E-state index is 12.2. The minimum Gasteiger partial charge on any atom is -0.349 e. The van der Waals surface area contributed by atoms with Crippen LogP contribution in [0, 0.1) is 0 Å². The number of azide groups is 1. The number of amides is 3. The van der Waals surface area contributed by atoms with E-state index >= 15 is 0 Å². The van der Waals surface area contributed by atoms with E-state index in [1.807, 2.05) is 0 Å². The molecule has 2 atom stereocenters. The third kappa shape index (κ3) is 1.55. The van der Waals surface area contributed by atoms with E-state index < -0.39 is 29.8 Å². The Balaban J connectivity index is 1.92. The van der Waals surface area contributed by atoms with Crippen molar-refractivity contribution in [2.24, 2.45) is 5.11 Å². The van der Waals surface area contributed by atoms with Gasteiger partial charge in [-0.15, -0.1) is 0 Å². The Hall–Kier alpha value is -2.86. The van der Waals surface area contributed by atoms with E-state index in [4.69, 9.17) is 5.53 Å². The summed E-state index contributed by atoms with van der Waals surface area (Å²) in [6.07, 6.45) is 0. The summed E-state index contributed by atoms with van der Waals surface area (Å²) in [5.74, 6) is -1.40. The molecule has 2 heterocycles. The van der Waals surface area contributed by atoms with Crippen LogP contribution in [0.15, 0.2) is 29.4 Å². The minimum absolute atomic E-state index is 0.000309. The van der Waals surface area contributed by atoms with E-state index in [0.29, 0.717) is 11.1 Å². The molecule has 8 nitrogen and oxygen atoms in total. The molecule has 20 heavy (non-hydrogen) atoms. The quantitative estimate of drug-likeness (QED) is 0.283. The van der Waals surface area contributed by atoms with Crippen molar-refractivity contribution in [2.45, 2.75) is 12.1 Å². The van der Waals surface area contributed by atoms with E-state index in [-0.39, 0.29) is 6.54 Å². The highest BCUT2D eigenvalue weighted by Gasteiger charge is 2.51. The van der Waals surface area contributed by atoms with Crippen LogP contribution in [0.4, 0.5) is 0 Å². The van der Waals surface area contributed by atoms with Gasteiger partial charge in [0.15, 0.2) is 0 Å². The van der Waals surface area contributed by atoms with Gasteiger partial charge in [0.25, 0.3) is 11.8 Å². The second-order valence-electron chi connectivity index (χ2n) is 4.50. The van der Waals surface area contributed by atoms with Crippen molar-refractivity contribution in [2.75, 3.05) is 6.54 Å². The fourth-order valence-corrected chi connectivity index (χ4v) is 2.46. The highest BCUT2D eigenvalue weighted by molar-refractivity contribution is 6.23. The minimum atomic E-state index is -0.909. The molecule has 8 heteroatoms. The smallest absolute Gasteiger partial charge is 0.262 e. The van der Waals surface area contributed by atoms with Gasteiger partial charge in [0, 0.05) is 11.5 Å². The van der Waals surface area contributed by atoms with Crippen molar-refractivity contribution in [1.82, 2.24) is 10.2 Å². The van der Waals surface area contributed by atoms with Gasteiger partial charge in [-0.1, -0.05) is 17.2 Å². The Kier molecular flexibility index (Phi) is 2.66. The van der Waals surface area contributed by atoms with Crippen LogP contribution in [0.1, 0.15) is 20.7 Å². The Bertz CT molecular complexity index is 644. The molecule has 3 amide bonds. The number of carbonyl (C=O) groups is 3. The summed E-state index contributed by atoms with van der Waals surface area (Å²) in [7, 11) is 0. The molecule has 1 fully saturated rings. The van der Waals surface area contributed by atoms with Gasteiger partial charge in [-0.3, -0.25) is 19.3 Å². The second-order valence-corrected chi connectivity index (χ2v) is 4.50. The lowest BCUT2D eigenvalue weighted by atomic mass is 9.97. The summed E-state index contributed by atoms with van der Waals surface area (Å²) in [6.45, 7) is 0.000309. The zero-order valence-corrected chi connectivity index (χ0v) is 10.2. The van der Waals surface area contributed by atoms with Gasteiger partial charge >= 0.3 is 0 Å². The summed E-state index contributed by atoms with van der Waals surface area (Å²) < 4.78 is 0. The summed E-state index contributed by atoms with van der Waals surface area (Å²) in [5, 5.41) is 5.89. The van der Waals surface area contributed by atoms with Crippen LogP contribution in [-0.4, -0.2) is 41.2 Å². The normalized spacial score (nSPS) is 23.8. The molecule has 2 aliphatic heterocycles. The maximum atomic E-state index is 12.2. The van der Waals surface area contributed by atoms with Crippen molar-refractivity contribution < 1.29 is 14.4 Å². The number of carbonyl (C=O) groups excluding carboxylic acids is 3. The number of benzene rings is 1. The fourth-order valence-electron chi connectivity index (χ4n) is 2.46. The zero-order chi connectivity index (χ0) is 14.3. The molecule has 1 saturated heterocycles. The molecule has 1 aromatic carbocycles. The van der Waals surface area contributed by atoms with E-state index in [1.165, 1.54) is 0 Å². The molecule has 0 radical (unpaired) electrons. The molecule has 100 valence electrons. The highest BCUT2D eigenvalue weighted by Crippen LogP contribution is 2.28. The first kappa shape index (κ1) is 12.2. The van der Waals surface area contributed by atoms with E-state index in [9.17, 15) is 14.4 Å². The average Bonchev–Trinajstić information content (AvgIpc) is 2.69. The van der Waals surface area contributed by atoms with Crippen LogP contribution >= 0.6 is 0 Å². The molecule has 0 aromatic heterocycles. The molecule has 0 unspecified atom stereocenters. The van der Waals surface area contributed by atoms with E-state index in [1.54, 1.807) is 24.3 Å². The van der Waals surface area contributed by atoms with Gasteiger partial charge in [-0.05, 0) is 17.7 Å². The predicted molar refractivity (Wildman–Crippen MR) is 66.7 cm³/mol. The molecule has 0 aliphatic carbocycles. The van der Waals surface area contributed by atoms with Gasteiger partial charge in [0.2, 0.25) is 5.91 Å². The largest absolute Gasteiger partial charge is 0.349 e. The molecular weight excluding hydrogens is 262 g/mol. The number of fused-ring (bicyclic) bond motifs is 1. The lowest BCUT2D eigenvalue weighted by Gasteiger charge is -2.40. The fraction of sp³-hybridized carbons (Fsp3) is 0.250. The van der Waals surface area contributed by atoms with Crippen LogP contribution in [0.25, 0.3) is 10.4 Å². The first-order chi connectivity index (χ1) is 9.65. The lowest BCUT2D eigenvalue weighted by Crippen LogP contribution is -2.71. The van der Waals surface area contributed by atoms with Crippen molar-refractivity contribution in [3.63, 3.8) is 0 Å². The molecule has 3 rings (SSSR count). The van der Waals surface area contributed by atoms with Crippen LogP contribution < -0.4 is 5.32 Å². The van der Waals surface area contributed by atoms with Crippen molar-refractivity contribution in [3.8, 4) is 0 Å². The van der Waals surface area contributed by atoms with Gasteiger partial charge < -0.3 is 5.32 Å². The number of imide groups is 1. The Labute approximate surface area is 113 Å². The molecule has 1 N–H and O–H groups in total. The van der Waals surface area contributed by atoms with Gasteiger partial charge in [0.05, 0.1) is 17.2 Å². The summed E-state index contributed by atoms with van der Waals surface area (Å²) >= 11 is 0. The van der Waals surface area contributed by atoms with Gasteiger partial charge in [-0.25, -0.2) is 0 Å². The van der Waals surface area contributed by atoms with Crippen molar-refractivity contribution >= 4 is 17.7 Å². The summed E-state index contributed by atoms with van der Waals surface area (Å²) in [4.78, 5) is 39.6. The highest BCUT2D eigenvalue weighted by atomic mass is 16.2. The number of nitrogens with one attached hydrogen (secondary N) is 1. The molecular formula is C12H9N5O3. The second kappa shape index (κ2) is 4.36. The number of hydrogen-bond donors (Lipinski definition) is 1. The summed E-state index contributed by atoms with van der Waals surface area (Å²) in [5.41, 5.74) is 8.88. The third-order valence-electron chi connectivity index (χ3n) is 3.42. The maximum Gasteiger partial charge on any atom is 0.262 e. The van der Waals surface area contributed by atoms with E-state index in [0.717, 1.165) is 4.90 Å². The SMILES string of the molecule is [N-]=[N+]=NC[C@H]1NC(=O)[C@H]1N1C(=O)c2ccccc2C1=O. The monoisotopic (exact) mass is 271 g/mol. The Morgan fingerprint density at radius 2 is 1.80 bits per heavy atom. The Morgan fingerprint density at radius 1 is 1.20 bits per heavy atom. The zero-order valence-electron chi connectivity index (χ0n) is 10.2. The van der Waals surface area contributed by atoms with Crippen molar-refractivity contribution in [3.05, 3.63) is 45.8 Å². The van der Waals surface area contributed by atoms with Crippen molar-refractivity contribution in [1.29, 1.82) is 0 Å². The molecule has 1 aromatic rings. The van der Waals surface area contributed by atoms with Crippen LogP contribution in [-0.2, 0) is 4.79 Å². The molecule has 2 aliphatic rings. The van der Waals surface area contributed by atoms with Crippen LogP contribution in [0.3, 0.4) is 0 Å². The average molecular weight is 271 g/mol. The third-order valence-corrected chi connectivity index (χ3v) is 3.42. The molecule has 0 spiro atoms. The first-order valence-electron chi connectivity index (χ1n) is 5.93. The van der Waals surface area contributed by atoms with E-state index in [2.05, 4.69) is 15.3 Å². The Morgan fingerprint density at radius 3 is 2.30 bits per heavy atom. The van der Waals surface area contributed by atoms with Crippen LogP contribution in [0.2, 0.25) is 0 Å². The number of rotatable bonds is 3. The molecule has 0 saturated carbocycles. The molecule has 0 bridgehead atoms. The van der Waals surface area contributed by atoms with Crippen LogP contribution in [0.5, 0.6) is 0 Å².